The molecule has 0 bridgehead atoms. The molecule has 2 aromatic heterocycles. The molecule has 0 saturated heterocycles. The number of ether oxygens (including phenoxy) is 3. The van der Waals surface area contributed by atoms with Gasteiger partial charge < -0.3 is 19.9 Å². The van der Waals surface area contributed by atoms with Crippen molar-refractivity contribution in [2.75, 3.05) is 12.5 Å². The molecule has 3 heterocycles. The SMILES string of the molecule is Cc1ncc(C=O)c(CNNC(=O)c2ccncc2)c1OC(=O)C=Cc1cc2c(cc1N)OCO2. The van der Waals surface area contributed by atoms with Gasteiger partial charge >= 0.3 is 5.97 Å². The number of nitrogens with two attached hydrogens (primary N) is 1. The fraction of sp³-hybridized carbons (Fsp3) is 0.125. The van der Waals surface area contributed by atoms with Gasteiger partial charge in [-0.05, 0) is 31.2 Å². The van der Waals surface area contributed by atoms with Crippen LogP contribution in [-0.4, -0.2) is 34.9 Å². The summed E-state index contributed by atoms with van der Waals surface area (Å²) in [7, 11) is 0. The van der Waals surface area contributed by atoms with Crippen molar-refractivity contribution in [3.8, 4) is 17.2 Å². The molecule has 11 heteroatoms. The van der Waals surface area contributed by atoms with Gasteiger partial charge in [0.2, 0.25) is 6.79 Å². The first kappa shape index (κ1) is 23.4. The molecule has 1 aliphatic heterocycles. The molecule has 1 aromatic carbocycles. The molecule has 11 nitrogen and oxygen atoms in total. The van der Waals surface area contributed by atoms with E-state index in [4.69, 9.17) is 19.9 Å². The maximum Gasteiger partial charge on any atom is 0.336 e. The maximum atomic E-state index is 12.6. The molecule has 3 aromatic rings. The summed E-state index contributed by atoms with van der Waals surface area (Å²) in [5.74, 6) is 0.0511. The van der Waals surface area contributed by atoms with Gasteiger partial charge in [0.15, 0.2) is 23.5 Å². The van der Waals surface area contributed by atoms with Crippen LogP contribution in [0.4, 0.5) is 5.69 Å². The van der Waals surface area contributed by atoms with E-state index in [9.17, 15) is 14.4 Å². The highest BCUT2D eigenvalue weighted by Crippen LogP contribution is 2.36. The van der Waals surface area contributed by atoms with E-state index < -0.39 is 11.9 Å². The molecule has 0 atom stereocenters. The van der Waals surface area contributed by atoms with E-state index in [1.165, 1.54) is 30.7 Å². The zero-order chi connectivity index (χ0) is 24.8. The Hall–Kier alpha value is -4.77. The van der Waals surface area contributed by atoms with Crippen molar-refractivity contribution in [2.24, 2.45) is 0 Å². The van der Waals surface area contributed by atoms with Crippen LogP contribution in [0.3, 0.4) is 0 Å². The number of aldehydes is 1. The van der Waals surface area contributed by atoms with Crippen molar-refractivity contribution in [3.63, 3.8) is 0 Å². The largest absolute Gasteiger partial charge is 0.454 e. The van der Waals surface area contributed by atoms with Crippen molar-refractivity contribution >= 4 is 29.9 Å². The van der Waals surface area contributed by atoms with Crippen molar-refractivity contribution in [2.45, 2.75) is 13.5 Å². The van der Waals surface area contributed by atoms with E-state index in [0.717, 1.165) is 0 Å². The van der Waals surface area contributed by atoms with Crippen LogP contribution in [0, 0.1) is 6.92 Å². The van der Waals surface area contributed by atoms with Gasteiger partial charge in [-0.2, -0.15) is 0 Å². The third kappa shape index (κ3) is 5.42. The number of nitrogen functional groups attached to an aromatic ring is 1. The molecule has 4 N–H and O–H groups in total. The molecular formula is C24H21N5O6. The zero-order valence-corrected chi connectivity index (χ0v) is 18.6. The summed E-state index contributed by atoms with van der Waals surface area (Å²) in [4.78, 5) is 44.4. The second-order valence-electron chi connectivity index (χ2n) is 7.36. The Morgan fingerprint density at radius 2 is 1.91 bits per heavy atom. The normalized spacial score (nSPS) is 11.9. The Labute approximate surface area is 199 Å². The summed E-state index contributed by atoms with van der Waals surface area (Å²) in [6.07, 6.45) is 7.63. The Bertz CT molecular complexity index is 1310. The predicted octanol–water partition coefficient (Wildman–Crippen LogP) is 1.96. The summed E-state index contributed by atoms with van der Waals surface area (Å²) >= 11 is 0. The van der Waals surface area contributed by atoms with Gasteiger partial charge in [0.25, 0.3) is 5.91 Å². The Balaban J connectivity index is 1.48. The minimum absolute atomic E-state index is 0.00427. The molecule has 1 aliphatic rings. The van der Waals surface area contributed by atoms with Crippen LogP contribution in [0.2, 0.25) is 0 Å². The third-order valence-electron chi connectivity index (χ3n) is 5.06. The van der Waals surface area contributed by atoms with E-state index in [2.05, 4.69) is 20.8 Å². The van der Waals surface area contributed by atoms with Gasteiger partial charge in [0, 0.05) is 65.2 Å². The number of rotatable bonds is 8. The van der Waals surface area contributed by atoms with Crippen LogP contribution in [0.5, 0.6) is 17.2 Å². The highest BCUT2D eigenvalue weighted by molar-refractivity contribution is 5.93. The molecule has 0 unspecified atom stereocenters. The van der Waals surface area contributed by atoms with Crippen molar-refractivity contribution in [1.82, 2.24) is 20.8 Å². The van der Waals surface area contributed by atoms with Gasteiger partial charge in [0.05, 0.1) is 5.69 Å². The standard InChI is InChI=1S/C24H21N5O6/c1-14-23(35-22(31)3-2-16-8-20-21(9-19(16)25)34-13-33-20)18(17(12-30)10-27-14)11-28-29-24(32)15-4-6-26-7-5-15/h2-10,12,28H,11,13,25H2,1H3,(H,29,32). The second-order valence-corrected chi connectivity index (χ2v) is 7.36. The molecule has 0 fully saturated rings. The highest BCUT2D eigenvalue weighted by atomic mass is 16.7. The predicted molar refractivity (Wildman–Crippen MR) is 125 cm³/mol. The topological polar surface area (TPSA) is 155 Å². The molecule has 0 radical (unpaired) electrons. The van der Waals surface area contributed by atoms with Crippen molar-refractivity contribution in [1.29, 1.82) is 0 Å². The number of esters is 1. The first-order valence-electron chi connectivity index (χ1n) is 10.4. The van der Waals surface area contributed by atoms with E-state index in [0.29, 0.717) is 45.9 Å². The maximum absolute atomic E-state index is 12.6. The van der Waals surface area contributed by atoms with Crippen LogP contribution in [0.15, 0.2) is 48.9 Å². The number of pyridine rings is 2. The quantitative estimate of drug-likeness (QED) is 0.145. The fourth-order valence-corrected chi connectivity index (χ4v) is 3.27. The van der Waals surface area contributed by atoms with Crippen LogP contribution < -0.4 is 30.8 Å². The van der Waals surface area contributed by atoms with Crippen LogP contribution >= 0.6 is 0 Å². The average molecular weight is 475 g/mol. The molecule has 35 heavy (non-hydrogen) atoms. The van der Waals surface area contributed by atoms with Gasteiger partial charge in [-0.25, -0.2) is 10.2 Å². The number of benzene rings is 1. The summed E-state index contributed by atoms with van der Waals surface area (Å²) in [6, 6.07) is 6.37. The van der Waals surface area contributed by atoms with Gasteiger partial charge in [-0.3, -0.25) is 25.0 Å². The van der Waals surface area contributed by atoms with E-state index in [1.54, 1.807) is 31.2 Å². The van der Waals surface area contributed by atoms with E-state index in [1.807, 2.05) is 0 Å². The fourth-order valence-electron chi connectivity index (χ4n) is 3.27. The van der Waals surface area contributed by atoms with Crippen molar-refractivity contribution in [3.05, 3.63) is 76.9 Å². The Kier molecular flexibility index (Phi) is 6.98. The minimum atomic E-state index is -0.711. The summed E-state index contributed by atoms with van der Waals surface area (Å²) in [6.45, 7) is 1.73. The lowest BCUT2D eigenvalue weighted by molar-refractivity contribution is -0.129. The number of hydrogen-bond donors (Lipinski definition) is 3. The summed E-state index contributed by atoms with van der Waals surface area (Å²) in [5, 5.41) is 0. The van der Waals surface area contributed by atoms with E-state index in [-0.39, 0.29) is 24.7 Å². The second kappa shape index (κ2) is 10.4. The first-order valence-corrected chi connectivity index (χ1v) is 10.4. The lowest BCUT2D eigenvalue weighted by atomic mass is 10.1. The molecular weight excluding hydrogens is 454 g/mol. The number of carbonyl (C=O) groups is 3. The molecule has 1 amide bonds. The number of nitrogens with zero attached hydrogens (tertiary/aromatic N) is 2. The number of hydrogen-bond acceptors (Lipinski definition) is 10. The highest BCUT2D eigenvalue weighted by Gasteiger charge is 2.18. The van der Waals surface area contributed by atoms with Gasteiger partial charge in [-0.1, -0.05) is 0 Å². The van der Waals surface area contributed by atoms with Crippen LogP contribution in [0.25, 0.3) is 6.08 Å². The molecule has 0 spiro atoms. The molecule has 0 saturated carbocycles. The number of anilines is 1. The lowest BCUT2D eigenvalue weighted by Gasteiger charge is -2.14. The monoisotopic (exact) mass is 475 g/mol. The third-order valence-corrected chi connectivity index (χ3v) is 5.06. The van der Waals surface area contributed by atoms with Gasteiger partial charge in [0.1, 0.15) is 0 Å². The lowest BCUT2D eigenvalue weighted by Crippen LogP contribution is -2.37. The molecule has 4 rings (SSSR count). The van der Waals surface area contributed by atoms with Crippen LogP contribution in [-0.2, 0) is 11.3 Å². The number of carbonyl (C=O) groups excluding carboxylic acids is 3. The zero-order valence-electron chi connectivity index (χ0n) is 18.6. The molecule has 0 aliphatic carbocycles. The summed E-state index contributed by atoms with van der Waals surface area (Å²) < 4.78 is 16.1. The number of aryl methyl sites for hydroxylation is 1. The Morgan fingerprint density at radius 1 is 1.17 bits per heavy atom. The number of fused-ring (bicyclic) bond motifs is 1. The van der Waals surface area contributed by atoms with Crippen LogP contribution in [0.1, 0.15) is 37.5 Å². The van der Waals surface area contributed by atoms with E-state index >= 15 is 0 Å². The Morgan fingerprint density at radius 3 is 2.66 bits per heavy atom. The number of aromatic nitrogens is 2. The number of amides is 1. The minimum Gasteiger partial charge on any atom is -0.454 e. The first-order chi connectivity index (χ1) is 17.0. The van der Waals surface area contributed by atoms with Gasteiger partial charge in [-0.15, -0.1) is 0 Å². The summed E-state index contributed by atoms with van der Waals surface area (Å²) in [5.41, 5.74) is 13.6. The number of nitrogens with one attached hydrogen (secondary N) is 2. The smallest absolute Gasteiger partial charge is 0.336 e. The molecule has 178 valence electrons. The van der Waals surface area contributed by atoms with Crippen molar-refractivity contribution < 1.29 is 28.6 Å². The number of hydrazine groups is 1. The average Bonchev–Trinajstić information content (AvgIpc) is 3.32.